The Balaban J connectivity index is 2.05. The molecule has 1 saturated carbocycles. The molecule has 0 heterocycles. The maximum absolute atomic E-state index is 6.09. The minimum Gasteiger partial charge on any atom is -0.370 e. The molecule has 1 aliphatic carbocycles. The standard InChI is InChI=1S/C15H23N3/c1-12-8-10-14(11-9-12)18(2)15(16)17-13-6-4-3-5-7-13/h8-11,13H,3-7H2,1-2H3,(H2,16,17). The summed E-state index contributed by atoms with van der Waals surface area (Å²) in [5.41, 5.74) is 8.45. The van der Waals surface area contributed by atoms with E-state index >= 15 is 0 Å². The molecule has 0 unspecified atom stereocenters. The number of nitrogens with zero attached hydrogens (tertiary/aromatic N) is 2. The van der Waals surface area contributed by atoms with Crippen LogP contribution in [0.4, 0.5) is 5.69 Å². The van der Waals surface area contributed by atoms with Crippen molar-refractivity contribution in [1.29, 1.82) is 0 Å². The van der Waals surface area contributed by atoms with Crippen molar-refractivity contribution >= 4 is 11.6 Å². The van der Waals surface area contributed by atoms with Gasteiger partial charge in [-0.1, -0.05) is 37.0 Å². The van der Waals surface area contributed by atoms with Crippen LogP contribution in [-0.4, -0.2) is 19.0 Å². The molecule has 1 aromatic rings. The van der Waals surface area contributed by atoms with Crippen molar-refractivity contribution in [2.75, 3.05) is 11.9 Å². The molecule has 2 rings (SSSR count). The monoisotopic (exact) mass is 245 g/mol. The minimum absolute atomic E-state index is 0.423. The van der Waals surface area contributed by atoms with Crippen molar-refractivity contribution in [3.05, 3.63) is 29.8 Å². The summed E-state index contributed by atoms with van der Waals surface area (Å²) in [6.45, 7) is 2.09. The van der Waals surface area contributed by atoms with Crippen molar-refractivity contribution in [2.45, 2.75) is 45.1 Å². The fraction of sp³-hybridized carbons (Fsp3) is 0.533. The van der Waals surface area contributed by atoms with Crippen LogP contribution in [0.25, 0.3) is 0 Å². The van der Waals surface area contributed by atoms with Gasteiger partial charge in [-0.15, -0.1) is 0 Å². The molecule has 0 saturated heterocycles. The topological polar surface area (TPSA) is 41.6 Å². The highest BCUT2D eigenvalue weighted by atomic mass is 15.2. The van der Waals surface area contributed by atoms with Gasteiger partial charge in [0.05, 0.1) is 6.04 Å². The average Bonchev–Trinajstić information content (AvgIpc) is 2.40. The zero-order valence-electron chi connectivity index (χ0n) is 11.4. The van der Waals surface area contributed by atoms with E-state index in [1.54, 1.807) is 0 Å². The molecule has 3 nitrogen and oxygen atoms in total. The Bertz CT molecular complexity index is 402. The number of hydrogen-bond acceptors (Lipinski definition) is 1. The molecule has 0 atom stereocenters. The summed E-state index contributed by atoms with van der Waals surface area (Å²) in [5, 5.41) is 0. The fourth-order valence-electron chi connectivity index (χ4n) is 2.38. The van der Waals surface area contributed by atoms with Crippen LogP contribution in [0.5, 0.6) is 0 Å². The second-order valence-electron chi connectivity index (χ2n) is 5.17. The largest absolute Gasteiger partial charge is 0.370 e. The number of nitrogens with two attached hydrogens (primary N) is 1. The summed E-state index contributed by atoms with van der Waals surface area (Å²) in [6, 6.07) is 8.78. The maximum Gasteiger partial charge on any atom is 0.195 e. The predicted octanol–water partition coefficient (Wildman–Crippen LogP) is 3.08. The van der Waals surface area contributed by atoms with E-state index in [1.165, 1.54) is 37.7 Å². The predicted molar refractivity (Wildman–Crippen MR) is 78.1 cm³/mol. The minimum atomic E-state index is 0.423. The first-order chi connectivity index (χ1) is 8.66. The van der Waals surface area contributed by atoms with Crippen LogP contribution in [0.2, 0.25) is 0 Å². The third-order valence-corrected chi connectivity index (χ3v) is 3.65. The molecule has 2 N–H and O–H groups in total. The van der Waals surface area contributed by atoms with Crippen LogP contribution in [0.15, 0.2) is 29.3 Å². The number of aryl methyl sites for hydroxylation is 1. The Morgan fingerprint density at radius 2 is 1.78 bits per heavy atom. The van der Waals surface area contributed by atoms with E-state index in [1.807, 2.05) is 11.9 Å². The van der Waals surface area contributed by atoms with Gasteiger partial charge in [0.15, 0.2) is 5.96 Å². The number of rotatable bonds is 2. The van der Waals surface area contributed by atoms with Gasteiger partial charge in [-0.05, 0) is 31.9 Å². The Morgan fingerprint density at radius 1 is 1.17 bits per heavy atom. The number of benzene rings is 1. The quantitative estimate of drug-likeness (QED) is 0.642. The summed E-state index contributed by atoms with van der Waals surface area (Å²) >= 11 is 0. The molecule has 98 valence electrons. The first-order valence-electron chi connectivity index (χ1n) is 6.80. The highest BCUT2D eigenvalue weighted by Gasteiger charge is 2.14. The first-order valence-corrected chi connectivity index (χ1v) is 6.80. The van der Waals surface area contributed by atoms with Crippen molar-refractivity contribution in [1.82, 2.24) is 0 Å². The molecule has 3 heteroatoms. The third kappa shape index (κ3) is 3.25. The first kappa shape index (κ1) is 12.9. The summed E-state index contributed by atoms with van der Waals surface area (Å²) in [5.74, 6) is 0.630. The van der Waals surface area contributed by atoms with E-state index in [4.69, 9.17) is 5.73 Å². The third-order valence-electron chi connectivity index (χ3n) is 3.65. The molecule has 1 aromatic carbocycles. The molecule has 1 aliphatic rings. The Labute approximate surface area is 110 Å². The van der Waals surface area contributed by atoms with Crippen LogP contribution >= 0.6 is 0 Å². The zero-order valence-corrected chi connectivity index (χ0v) is 11.4. The summed E-state index contributed by atoms with van der Waals surface area (Å²) in [7, 11) is 1.98. The second kappa shape index (κ2) is 5.89. The van der Waals surface area contributed by atoms with Crippen molar-refractivity contribution in [3.8, 4) is 0 Å². The van der Waals surface area contributed by atoms with Gasteiger partial charge in [0.2, 0.25) is 0 Å². The lowest BCUT2D eigenvalue weighted by atomic mass is 9.96. The van der Waals surface area contributed by atoms with Crippen LogP contribution in [-0.2, 0) is 0 Å². The number of guanidine groups is 1. The van der Waals surface area contributed by atoms with Gasteiger partial charge in [-0.25, -0.2) is 4.99 Å². The lowest BCUT2D eigenvalue weighted by Crippen LogP contribution is -2.35. The van der Waals surface area contributed by atoms with E-state index in [0.717, 1.165) is 5.69 Å². The van der Waals surface area contributed by atoms with Gasteiger partial charge in [0.1, 0.15) is 0 Å². The van der Waals surface area contributed by atoms with Crippen molar-refractivity contribution < 1.29 is 0 Å². The highest BCUT2D eigenvalue weighted by molar-refractivity contribution is 5.94. The number of anilines is 1. The van der Waals surface area contributed by atoms with E-state index < -0.39 is 0 Å². The van der Waals surface area contributed by atoms with Gasteiger partial charge in [0, 0.05) is 12.7 Å². The van der Waals surface area contributed by atoms with Crippen LogP contribution in [0, 0.1) is 6.92 Å². The van der Waals surface area contributed by atoms with E-state index in [0.29, 0.717) is 12.0 Å². The lowest BCUT2D eigenvalue weighted by molar-refractivity contribution is 0.443. The second-order valence-corrected chi connectivity index (χ2v) is 5.17. The summed E-state index contributed by atoms with van der Waals surface area (Å²) < 4.78 is 0. The molecular formula is C15H23N3. The normalized spacial score (nSPS) is 17.8. The maximum atomic E-state index is 6.09. The Kier molecular flexibility index (Phi) is 4.24. The van der Waals surface area contributed by atoms with Gasteiger partial charge in [-0.2, -0.15) is 0 Å². The summed E-state index contributed by atoms with van der Waals surface area (Å²) in [4.78, 5) is 6.62. The summed E-state index contributed by atoms with van der Waals surface area (Å²) in [6.07, 6.45) is 6.29. The number of aliphatic imine (C=N–C) groups is 1. The highest BCUT2D eigenvalue weighted by Crippen LogP contribution is 2.21. The molecule has 18 heavy (non-hydrogen) atoms. The zero-order chi connectivity index (χ0) is 13.0. The van der Waals surface area contributed by atoms with E-state index in [9.17, 15) is 0 Å². The number of hydrogen-bond donors (Lipinski definition) is 1. The molecule has 0 spiro atoms. The van der Waals surface area contributed by atoms with E-state index in [2.05, 4.69) is 36.2 Å². The molecular weight excluding hydrogens is 222 g/mol. The van der Waals surface area contributed by atoms with Gasteiger partial charge >= 0.3 is 0 Å². The molecule has 0 bridgehead atoms. The van der Waals surface area contributed by atoms with Crippen molar-refractivity contribution in [3.63, 3.8) is 0 Å². The Hall–Kier alpha value is -1.51. The SMILES string of the molecule is Cc1ccc(N(C)C(N)=NC2CCCCC2)cc1. The molecule has 0 aliphatic heterocycles. The lowest BCUT2D eigenvalue weighted by Gasteiger charge is -2.23. The van der Waals surface area contributed by atoms with Crippen LogP contribution in [0.3, 0.4) is 0 Å². The molecule has 0 radical (unpaired) electrons. The van der Waals surface area contributed by atoms with Gasteiger partial charge in [0.25, 0.3) is 0 Å². The van der Waals surface area contributed by atoms with Crippen molar-refractivity contribution in [2.24, 2.45) is 10.7 Å². The fourth-order valence-corrected chi connectivity index (χ4v) is 2.38. The van der Waals surface area contributed by atoms with E-state index in [-0.39, 0.29) is 0 Å². The molecule has 1 fully saturated rings. The van der Waals surface area contributed by atoms with Gasteiger partial charge < -0.3 is 10.6 Å². The molecule has 0 aromatic heterocycles. The average molecular weight is 245 g/mol. The molecule has 0 amide bonds. The smallest absolute Gasteiger partial charge is 0.195 e. The van der Waals surface area contributed by atoms with Crippen LogP contribution < -0.4 is 10.6 Å². The van der Waals surface area contributed by atoms with Crippen LogP contribution in [0.1, 0.15) is 37.7 Å². The Morgan fingerprint density at radius 3 is 2.39 bits per heavy atom. The van der Waals surface area contributed by atoms with Gasteiger partial charge in [-0.3, -0.25) is 0 Å².